The molecule has 0 saturated heterocycles. The molecule has 0 aliphatic rings. The lowest BCUT2D eigenvalue weighted by molar-refractivity contribution is -0.115. The first-order valence-corrected chi connectivity index (χ1v) is 10.5. The van der Waals surface area contributed by atoms with E-state index in [4.69, 9.17) is 10.7 Å². The highest BCUT2D eigenvalue weighted by molar-refractivity contribution is 7.99. The van der Waals surface area contributed by atoms with Crippen LogP contribution in [0.1, 0.15) is 5.56 Å². The normalized spacial score (nSPS) is 11.0. The molecule has 0 aliphatic heterocycles. The highest BCUT2D eigenvalue weighted by Gasteiger charge is 2.18. The van der Waals surface area contributed by atoms with Crippen LogP contribution in [0, 0.1) is 6.92 Å². The monoisotopic (exact) mass is 415 g/mol. The topological polar surface area (TPSA) is 86.7 Å². The fourth-order valence-electron chi connectivity index (χ4n) is 3.26. The van der Waals surface area contributed by atoms with Gasteiger partial charge < -0.3 is 5.73 Å². The molecule has 1 amide bonds. The summed E-state index contributed by atoms with van der Waals surface area (Å²) in [5.74, 6) is 0.445. The van der Waals surface area contributed by atoms with E-state index in [2.05, 4.69) is 48.0 Å². The smallest absolute Gasteiger partial charge is 0.227 e. The SMILES string of the molecule is C=CCn1c(SCC(N)=O)nnc1-c1cc(-c2ccc(C)cc2)nc2ccccc12. The van der Waals surface area contributed by atoms with E-state index in [0.717, 1.165) is 27.7 Å². The van der Waals surface area contributed by atoms with Gasteiger partial charge >= 0.3 is 0 Å². The van der Waals surface area contributed by atoms with Crippen LogP contribution in [-0.4, -0.2) is 31.4 Å². The van der Waals surface area contributed by atoms with Crippen LogP contribution in [0.4, 0.5) is 0 Å². The zero-order valence-electron chi connectivity index (χ0n) is 16.6. The van der Waals surface area contributed by atoms with Gasteiger partial charge in [0.1, 0.15) is 0 Å². The maximum atomic E-state index is 11.2. The van der Waals surface area contributed by atoms with Crippen molar-refractivity contribution in [3.05, 3.63) is 72.8 Å². The lowest BCUT2D eigenvalue weighted by atomic mass is 10.0. The number of benzene rings is 2. The molecule has 0 saturated carbocycles. The number of aromatic nitrogens is 4. The first-order valence-electron chi connectivity index (χ1n) is 9.49. The lowest BCUT2D eigenvalue weighted by Crippen LogP contribution is -2.14. The van der Waals surface area contributed by atoms with Crippen LogP contribution in [0.15, 0.2) is 72.4 Å². The van der Waals surface area contributed by atoms with Gasteiger partial charge in [-0.3, -0.25) is 9.36 Å². The quantitative estimate of drug-likeness (QED) is 0.360. The zero-order chi connectivity index (χ0) is 21.1. The predicted octanol–water partition coefficient (Wildman–Crippen LogP) is 4.23. The summed E-state index contributed by atoms with van der Waals surface area (Å²) in [5.41, 5.74) is 10.2. The van der Waals surface area contributed by atoms with Crippen molar-refractivity contribution in [2.24, 2.45) is 5.73 Å². The Morgan fingerprint density at radius 2 is 1.93 bits per heavy atom. The van der Waals surface area contributed by atoms with Gasteiger partial charge in [-0.1, -0.05) is 65.9 Å². The number of carbonyl (C=O) groups is 1. The number of carbonyl (C=O) groups excluding carboxylic acids is 1. The standard InChI is InChI=1S/C23H21N5OS/c1-3-12-28-22(26-27-23(28)30-14-21(24)29)18-13-20(16-10-8-15(2)9-11-16)25-19-7-5-4-6-17(18)19/h3-11,13H,1,12,14H2,2H3,(H2,24,29). The van der Waals surface area contributed by atoms with Gasteiger partial charge in [0.05, 0.1) is 17.0 Å². The molecule has 2 N–H and O–H groups in total. The molecule has 0 fully saturated rings. The van der Waals surface area contributed by atoms with Crippen LogP contribution in [-0.2, 0) is 11.3 Å². The molecule has 7 heteroatoms. The van der Waals surface area contributed by atoms with E-state index in [0.29, 0.717) is 17.5 Å². The number of amides is 1. The molecule has 0 atom stereocenters. The van der Waals surface area contributed by atoms with Crippen LogP contribution in [0.25, 0.3) is 33.5 Å². The minimum Gasteiger partial charge on any atom is -0.369 e. The van der Waals surface area contributed by atoms with Crippen LogP contribution >= 0.6 is 11.8 Å². The Kier molecular flexibility index (Phi) is 5.63. The third kappa shape index (κ3) is 3.97. The number of hydrogen-bond acceptors (Lipinski definition) is 5. The van der Waals surface area contributed by atoms with E-state index in [1.165, 1.54) is 17.3 Å². The minimum atomic E-state index is -0.397. The molecule has 4 rings (SSSR count). The van der Waals surface area contributed by atoms with Gasteiger partial charge in [0, 0.05) is 23.1 Å². The second-order valence-electron chi connectivity index (χ2n) is 6.90. The Morgan fingerprint density at radius 1 is 1.17 bits per heavy atom. The molecular weight excluding hydrogens is 394 g/mol. The molecule has 0 spiro atoms. The Morgan fingerprint density at radius 3 is 2.67 bits per heavy atom. The molecular formula is C23H21N5OS. The number of nitrogens with two attached hydrogens (primary N) is 1. The van der Waals surface area contributed by atoms with E-state index < -0.39 is 5.91 Å². The number of fused-ring (bicyclic) bond motifs is 1. The molecule has 0 bridgehead atoms. The van der Waals surface area contributed by atoms with Crippen molar-refractivity contribution in [3.8, 4) is 22.6 Å². The number of rotatable bonds is 7. The summed E-state index contributed by atoms with van der Waals surface area (Å²) in [6.45, 7) is 6.43. The minimum absolute atomic E-state index is 0.140. The molecule has 150 valence electrons. The number of primary amides is 1. The number of allylic oxidation sites excluding steroid dienone is 1. The number of hydrogen-bond donors (Lipinski definition) is 1. The molecule has 4 aromatic rings. The Hall–Kier alpha value is -3.45. The number of aryl methyl sites for hydroxylation is 1. The van der Waals surface area contributed by atoms with E-state index in [-0.39, 0.29) is 5.75 Å². The first kappa shape index (κ1) is 19.8. The Balaban J connectivity index is 1.90. The second kappa shape index (κ2) is 8.51. The summed E-state index contributed by atoms with van der Waals surface area (Å²) in [5, 5.41) is 10.4. The van der Waals surface area contributed by atoms with Crippen LogP contribution in [0.5, 0.6) is 0 Å². The third-order valence-corrected chi connectivity index (χ3v) is 5.67. The van der Waals surface area contributed by atoms with Gasteiger partial charge in [-0.2, -0.15) is 0 Å². The lowest BCUT2D eigenvalue weighted by Gasteiger charge is -2.12. The van der Waals surface area contributed by atoms with E-state index in [1.807, 2.05) is 34.9 Å². The van der Waals surface area contributed by atoms with Gasteiger partial charge in [0.15, 0.2) is 11.0 Å². The first-order chi connectivity index (χ1) is 14.6. The van der Waals surface area contributed by atoms with Crippen molar-refractivity contribution in [1.29, 1.82) is 0 Å². The zero-order valence-corrected chi connectivity index (χ0v) is 17.4. The molecule has 30 heavy (non-hydrogen) atoms. The van der Waals surface area contributed by atoms with E-state index >= 15 is 0 Å². The maximum Gasteiger partial charge on any atom is 0.227 e. The molecule has 0 aliphatic carbocycles. The van der Waals surface area contributed by atoms with Crippen LogP contribution in [0.2, 0.25) is 0 Å². The molecule has 6 nitrogen and oxygen atoms in total. The Bertz CT molecular complexity index is 1230. The average Bonchev–Trinajstić information content (AvgIpc) is 3.14. The maximum absolute atomic E-state index is 11.2. The fourth-order valence-corrected chi connectivity index (χ4v) is 3.94. The van der Waals surface area contributed by atoms with Crippen molar-refractivity contribution in [1.82, 2.24) is 19.7 Å². The number of pyridine rings is 1. The largest absolute Gasteiger partial charge is 0.369 e. The van der Waals surface area contributed by atoms with Gasteiger partial charge in [0.25, 0.3) is 0 Å². The summed E-state index contributed by atoms with van der Waals surface area (Å²) >= 11 is 1.27. The number of nitrogens with zero attached hydrogens (tertiary/aromatic N) is 4. The van der Waals surface area contributed by atoms with E-state index in [1.54, 1.807) is 6.08 Å². The second-order valence-corrected chi connectivity index (χ2v) is 7.84. The predicted molar refractivity (Wildman–Crippen MR) is 121 cm³/mol. The fraction of sp³-hybridized carbons (Fsp3) is 0.130. The van der Waals surface area contributed by atoms with Crippen molar-refractivity contribution in [2.75, 3.05) is 5.75 Å². The van der Waals surface area contributed by atoms with Gasteiger partial charge in [-0.05, 0) is 19.1 Å². The van der Waals surface area contributed by atoms with Crippen LogP contribution in [0.3, 0.4) is 0 Å². The van der Waals surface area contributed by atoms with Crippen LogP contribution < -0.4 is 5.73 Å². The molecule has 0 radical (unpaired) electrons. The third-order valence-electron chi connectivity index (χ3n) is 4.68. The number of thioether (sulfide) groups is 1. The van der Waals surface area contributed by atoms with Gasteiger partial charge in [-0.25, -0.2) is 4.98 Å². The number of para-hydroxylation sites is 1. The molecule has 2 aromatic heterocycles. The van der Waals surface area contributed by atoms with Crippen molar-refractivity contribution in [2.45, 2.75) is 18.6 Å². The highest BCUT2D eigenvalue weighted by atomic mass is 32.2. The average molecular weight is 416 g/mol. The highest BCUT2D eigenvalue weighted by Crippen LogP contribution is 2.33. The summed E-state index contributed by atoms with van der Waals surface area (Å²) in [6, 6.07) is 18.3. The molecule has 0 unspecified atom stereocenters. The van der Waals surface area contributed by atoms with Crippen molar-refractivity contribution in [3.63, 3.8) is 0 Å². The molecule has 2 heterocycles. The summed E-state index contributed by atoms with van der Waals surface area (Å²) < 4.78 is 1.95. The summed E-state index contributed by atoms with van der Waals surface area (Å²) in [4.78, 5) is 16.1. The molecule has 2 aromatic carbocycles. The van der Waals surface area contributed by atoms with Crippen molar-refractivity contribution < 1.29 is 4.79 Å². The Labute approximate surface area is 178 Å². The van der Waals surface area contributed by atoms with E-state index in [9.17, 15) is 4.79 Å². The summed E-state index contributed by atoms with van der Waals surface area (Å²) in [6.07, 6.45) is 1.78. The van der Waals surface area contributed by atoms with Gasteiger partial charge in [0.2, 0.25) is 5.91 Å². The van der Waals surface area contributed by atoms with Gasteiger partial charge in [-0.15, -0.1) is 16.8 Å². The van der Waals surface area contributed by atoms with Crippen molar-refractivity contribution >= 4 is 28.6 Å². The summed E-state index contributed by atoms with van der Waals surface area (Å²) in [7, 11) is 0.